The molecule has 0 bridgehead atoms. The van der Waals surface area contributed by atoms with Gasteiger partial charge < -0.3 is 49.6 Å². The molecule has 0 amide bonds. The van der Waals surface area contributed by atoms with Crippen LogP contribution in [0.5, 0.6) is 11.5 Å². The van der Waals surface area contributed by atoms with Crippen LogP contribution in [0.1, 0.15) is 136 Å². The van der Waals surface area contributed by atoms with E-state index in [0.717, 1.165) is 31.4 Å². The fraction of sp³-hybridized carbons (Fsp3) is 0.692. The van der Waals surface area contributed by atoms with Crippen LogP contribution in [-0.4, -0.2) is 106 Å². The van der Waals surface area contributed by atoms with Crippen molar-refractivity contribution in [1.82, 2.24) is 0 Å². The SMILES string of the molecule is CC(=O)c1c(C)cc2cc(C(=O)O)cc(OC3OC(CO)C4(CC5C6=C(CC=C6C6(CCCO)COCC7CC8(CCC9(CCCC9%10CCCC%10)C8)CC5C76)CO4)C(O)C3O)c2c1O. The Labute approximate surface area is 375 Å². The number of carbonyl (C=O) groups is 2. The van der Waals surface area contributed by atoms with Crippen molar-refractivity contribution >= 4 is 22.5 Å². The Morgan fingerprint density at radius 2 is 1.73 bits per heavy atom. The number of carboxylic acid groups (broad SMARTS) is 1. The van der Waals surface area contributed by atoms with Crippen LogP contribution in [0.3, 0.4) is 0 Å². The van der Waals surface area contributed by atoms with E-state index in [-0.39, 0.29) is 58.1 Å². The second-order valence-electron chi connectivity index (χ2n) is 22.1. The molecular formula is C52H66O12. The van der Waals surface area contributed by atoms with Gasteiger partial charge in [0.05, 0.1) is 36.3 Å². The summed E-state index contributed by atoms with van der Waals surface area (Å²) in [7, 11) is 0. The van der Waals surface area contributed by atoms with E-state index in [9.17, 15) is 40.2 Å². The highest BCUT2D eigenvalue weighted by Crippen LogP contribution is 2.76. The number of fused-ring (bicyclic) bond motifs is 4. The van der Waals surface area contributed by atoms with Crippen LogP contribution in [-0.2, 0) is 14.2 Å². The number of aromatic carboxylic acids is 1. The maximum absolute atomic E-state index is 12.7. The van der Waals surface area contributed by atoms with Gasteiger partial charge in [0.2, 0.25) is 6.29 Å². The van der Waals surface area contributed by atoms with Gasteiger partial charge in [0.1, 0.15) is 35.4 Å². The van der Waals surface area contributed by atoms with Gasteiger partial charge in [-0.15, -0.1) is 0 Å². The zero-order valence-electron chi connectivity index (χ0n) is 37.4. The average Bonchev–Trinajstić information content (AvgIpc) is 4.06. The number of phenols is 1. The van der Waals surface area contributed by atoms with Gasteiger partial charge in [-0.05, 0) is 177 Å². The van der Waals surface area contributed by atoms with Crippen LogP contribution in [0.4, 0.5) is 0 Å². The zero-order valence-corrected chi connectivity index (χ0v) is 37.4. The summed E-state index contributed by atoms with van der Waals surface area (Å²) < 4.78 is 26.5. The molecule has 6 N–H and O–H groups in total. The number of Topliss-reactive ketones (excluding diaryl/α,β-unsaturated/α-hetero) is 1. The molecule has 7 fully saturated rings. The Morgan fingerprint density at radius 1 is 0.953 bits per heavy atom. The Bertz CT molecular complexity index is 2320. The van der Waals surface area contributed by atoms with Crippen LogP contribution < -0.4 is 4.74 Å². The Kier molecular flexibility index (Phi) is 10.4. The van der Waals surface area contributed by atoms with Crippen molar-refractivity contribution in [2.45, 2.75) is 147 Å². The molecule has 4 spiro atoms. The number of hydrogen-bond donors (Lipinski definition) is 6. The summed E-state index contributed by atoms with van der Waals surface area (Å²) in [5.41, 5.74) is 3.39. The number of benzene rings is 2. The molecule has 3 aliphatic heterocycles. The maximum Gasteiger partial charge on any atom is 0.335 e. The fourth-order valence-electron chi connectivity index (χ4n) is 17.1. The van der Waals surface area contributed by atoms with Crippen LogP contribution in [0, 0.1) is 52.3 Å². The quantitative estimate of drug-likeness (QED) is 0.145. The lowest BCUT2D eigenvalue weighted by Crippen LogP contribution is -2.70. The third-order valence-electron chi connectivity index (χ3n) is 19.3. The Hall–Kier alpha value is -3.36. The largest absolute Gasteiger partial charge is 0.506 e. The summed E-state index contributed by atoms with van der Waals surface area (Å²) >= 11 is 0. The smallest absolute Gasteiger partial charge is 0.335 e. The number of hydrogen-bond acceptors (Lipinski definition) is 11. The number of carboxylic acids is 1. The highest BCUT2D eigenvalue weighted by atomic mass is 16.7. The number of rotatable bonds is 8. The van der Waals surface area contributed by atoms with E-state index in [0.29, 0.717) is 59.5 Å². The molecular weight excluding hydrogens is 817 g/mol. The van der Waals surface area contributed by atoms with E-state index in [1.165, 1.54) is 94.4 Å². The third-order valence-corrected chi connectivity index (χ3v) is 19.3. The lowest BCUT2D eigenvalue weighted by Gasteiger charge is -2.64. The molecule has 6 aliphatic carbocycles. The molecule has 2 aromatic rings. The summed E-state index contributed by atoms with van der Waals surface area (Å²) in [6, 6.07) is 4.18. The molecule has 2 aromatic carbocycles. The monoisotopic (exact) mass is 882 g/mol. The summed E-state index contributed by atoms with van der Waals surface area (Å²) in [6.45, 7) is 4.06. The van der Waals surface area contributed by atoms with Gasteiger partial charge in [-0.2, -0.15) is 0 Å². The van der Waals surface area contributed by atoms with Gasteiger partial charge >= 0.3 is 5.97 Å². The summed E-state index contributed by atoms with van der Waals surface area (Å²) in [4.78, 5) is 25.0. The molecule has 346 valence electrons. The summed E-state index contributed by atoms with van der Waals surface area (Å²) in [5, 5.41) is 68.3. The second kappa shape index (κ2) is 15.3. The molecule has 12 heteroatoms. The van der Waals surface area contributed by atoms with Gasteiger partial charge in [0, 0.05) is 18.6 Å². The number of aryl methyl sites for hydroxylation is 1. The number of ether oxygens (including phenoxy) is 4. The Balaban J connectivity index is 0.967. The van der Waals surface area contributed by atoms with E-state index in [1.54, 1.807) is 13.0 Å². The van der Waals surface area contributed by atoms with Crippen LogP contribution in [0.2, 0.25) is 0 Å². The van der Waals surface area contributed by atoms with E-state index < -0.39 is 54.3 Å². The second-order valence-corrected chi connectivity index (χ2v) is 22.1. The highest BCUT2D eigenvalue weighted by molar-refractivity contribution is 6.08. The van der Waals surface area contributed by atoms with Gasteiger partial charge in [-0.1, -0.05) is 31.4 Å². The number of aromatic hydroxyl groups is 1. The minimum absolute atomic E-state index is 0.0461. The first-order valence-corrected chi connectivity index (χ1v) is 24.3. The molecule has 12 unspecified atom stereocenters. The average molecular weight is 883 g/mol. The van der Waals surface area contributed by atoms with Crippen molar-refractivity contribution in [2.75, 3.05) is 33.0 Å². The topological polar surface area (TPSA) is 192 Å². The van der Waals surface area contributed by atoms with Crippen molar-refractivity contribution in [2.24, 2.45) is 45.3 Å². The lowest BCUT2D eigenvalue weighted by molar-refractivity contribution is -0.326. The maximum atomic E-state index is 12.7. The predicted molar refractivity (Wildman–Crippen MR) is 235 cm³/mol. The van der Waals surface area contributed by atoms with Gasteiger partial charge in [-0.25, -0.2) is 4.79 Å². The summed E-state index contributed by atoms with van der Waals surface area (Å²) in [5.74, 6) is -1.37. The standard InChI is InChI=1S/C52H66O12/c1-28-17-31-18-32(46(59)60)19-37(41(31)43(56)39(28)29(2)55)63-47-44(57)45(58)52(38(23-54)64-47)22-34-35-21-48(14-15-50(26-48)12-5-11-49(50)9-3-4-10-49)20-33-24-61-27-51(42(33)35,13-6-16-53)36-8-7-30(25-62-52)40(34)36/h8,17-19,33-35,38,42,44-45,47,53-54,56-58H,3-7,9-16,20-27H2,1-2H3,(H,59,60). The number of carbonyl (C=O) groups excluding carboxylic acids is 1. The number of aliphatic hydroxyl groups excluding tert-OH is 4. The molecule has 11 rings (SSSR count). The van der Waals surface area contributed by atoms with E-state index in [1.807, 2.05) is 0 Å². The van der Waals surface area contributed by atoms with Crippen molar-refractivity contribution in [3.8, 4) is 11.5 Å². The Morgan fingerprint density at radius 3 is 2.48 bits per heavy atom. The molecule has 2 saturated heterocycles. The van der Waals surface area contributed by atoms with E-state index >= 15 is 0 Å². The molecule has 64 heavy (non-hydrogen) atoms. The number of allylic oxidation sites excluding steroid dienone is 2. The molecule has 5 saturated carbocycles. The molecule has 12 nitrogen and oxygen atoms in total. The molecule has 12 atom stereocenters. The van der Waals surface area contributed by atoms with Crippen molar-refractivity contribution in [1.29, 1.82) is 0 Å². The summed E-state index contributed by atoms with van der Waals surface area (Å²) in [6.07, 6.45) is 14.4. The van der Waals surface area contributed by atoms with E-state index in [2.05, 4.69) is 6.08 Å². The first-order chi connectivity index (χ1) is 30.7. The van der Waals surface area contributed by atoms with Gasteiger partial charge in [0.15, 0.2) is 5.78 Å². The van der Waals surface area contributed by atoms with Crippen LogP contribution >= 0.6 is 0 Å². The molecule has 0 aromatic heterocycles. The number of ketones is 1. The van der Waals surface area contributed by atoms with Gasteiger partial charge in [0.25, 0.3) is 0 Å². The highest BCUT2D eigenvalue weighted by Gasteiger charge is 2.69. The van der Waals surface area contributed by atoms with Crippen LogP contribution in [0.25, 0.3) is 10.8 Å². The lowest BCUT2D eigenvalue weighted by atomic mass is 9.42. The number of aliphatic hydroxyl groups is 4. The minimum atomic E-state index is -1.71. The minimum Gasteiger partial charge on any atom is -0.506 e. The molecule has 3 heterocycles. The molecule has 0 radical (unpaired) electrons. The van der Waals surface area contributed by atoms with Gasteiger partial charge in [-0.3, -0.25) is 4.79 Å². The van der Waals surface area contributed by atoms with Crippen molar-refractivity contribution < 1.29 is 59.2 Å². The van der Waals surface area contributed by atoms with Crippen molar-refractivity contribution in [3.05, 3.63) is 57.7 Å². The first kappa shape index (κ1) is 43.2. The van der Waals surface area contributed by atoms with Crippen molar-refractivity contribution in [3.63, 3.8) is 0 Å². The van der Waals surface area contributed by atoms with E-state index in [4.69, 9.17) is 18.9 Å². The first-order valence-electron chi connectivity index (χ1n) is 24.3. The fourth-order valence-corrected chi connectivity index (χ4v) is 17.1. The number of phenolic OH excluding ortho intramolecular Hbond substituents is 1. The zero-order chi connectivity index (χ0) is 44.6. The molecule has 9 aliphatic rings. The normalized spacial score (nSPS) is 40.6. The third kappa shape index (κ3) is 6.04. The van der Waals surface area contributed by atoms with Crippen LogP contribution in [0.15, 0.2) is 41.0 Å². The predicted octanol–water partition coefficient (Wildman–Crippen LogP) is 7.32.